The zero-order valence-corrected chi connectivity index (χ0v) is 18.5. The van der Waals surface area contributed by atoms with Crippen molar-refractivity contribution in [2.45, 2.75) is 0 Å². The van der Waals surface area contributed by atoms with E-state index in [9.17, 15) is 0 Å². The first-order valence-corrected chi connectivity index (χ1v) is 10.8. The summed E-state index contributed by atoms with van der Waals surface area (Å²) in [5.74, 6) is 1.80. The number of halogens is 2. The van der Waals surface area contributed by atoms with Crippen LogP contribution in [-0.4, -0.2) is 29.4 Å². The second kappa shape index (κ2) is 8.53. The van der Waals surface area contributed by atoms with Crippen molar-refractivity contribution in [1.29, 1.82) is 0 Å². The van der Waals surface area contributed by atoms with E-state index in [2.05, 4.69) is 36.4 Å². The van der Waals surface area contributed by atoms with Gasteiger partial charge in [0.1, 0.15) is 13.2 Å². The topological polar surface area (TPSA) is 68.6 Å². The van der Waals surface area contributed by atoms with Gasteiger partial charge in [-0.1, -0.05) is 41.9 Å². The summed E-state index contributed by atoms with van der Waals surface area (Å²) in [5, 5.41) is 5.84. The number of nitrogens with zero attached hydrogens (tertiary/aromatic N) is 3. The first-order valence-electron chi connectivity index (χ1n) is 9.58. The summed E-state index contributed by atoms with van der Waals surface area (Å²) in [7, 11) is 0. The highest BCUT2D eigenvalue weighted by molar-refractivity contribution is 9.10. The molecule has 8 heteroatoms. The number of ether oxygens (including phenoxy) is 2. The van der Waals surface area contributed by atoms with Gasteiger partial charge in [-0.3, -0.25) is 0 Å². The number of aromatic nitrogens is 2. The molecule has 4 aromatic rings. The monoisotopic (exact) mass is 494 g/mol. The molecule has 1 aromatic heterocycles. The Kier molecular flexibility index (Phi) is 5.44. The molecule has 0 saturated carbocycles. The Morgan fingerprint density at radius 3 is 2.55 bits per heavy atom. The molecule has 2 heterocycles. The normalized spacial score (nSPS) is 13.0. The van der Waals surface area contributed by atoms with Crippen molar-refractivity contribution in [2.75, 3.05) is 18.6 Å². The van der Waals surface area contributed by atoms with Crippen LogP contribution in [0.2, 0.25) is 5.02 Å². The summed E-state index contributed by atoms with van der Waals surface area (Å²) < 4.78 is 12.1. The van der Waals surface area contributed by atoms with E-state index in [4.69, 9.17) is 21.1 Å². The molecule has 6 nitrogen and oxygen atoms in total. The second-order valence-electron chi connectivity index (χ2n) is 6.81. The SMILES string of the molecule is Clc1ccc2nc(N/N=C\c3cc4c(cc3Br)OCCO4)nc(-c3ccccc3)c2c1. The van der Waals surface area contributed by atoms with Crippen molar-refractivity contribution in [2.24, 2.45) is 5.10 Å². The van der Waals surface area contributed by atoms with Gasteiger partial charge in [0, 0.05) is 26.0 Å². The molecule has 0 spiro atoms. The van der Waals surface area contributed by atoms with E-state index in [0.717, 1.165) is 32.2 Å². The van der Waals surface area contributed by atoms with Gasteiger partial charge < -0.3 is 9.47 Å². The molecule has 5 rings (SSSR count). The number of hydrazone groups is 1. The van der Waals surface area contributed by atoms with Gasteiger partial charge in [-0.15, -0.1) is 0 Å². The molecule has 0 aliphatic carbocycles. The Balaban J connectivity index is 1.48. The number of hydrogen-bond donors (Lipinski definition) is 1. The summed E-state index contributed by atoms with van der Waals surface area (Å²) in [6.45, 7) is 1.07. The van der Waals surface area contributed by atoms with Crippen molar-refractivity contribution >= 4 is 50.6 Å². The molecule has 1 N–H and O–H groups in total. The Morgan fingerprint density at radius 2 is 1.74 bits per heavy atom. The van der Waals surface area contributed by atoms with Crippen LogP contribution in [0.3, 0.4) is 0 Å². The van der Waals surface area contributed by atoms with E-state index < -0.39 is 0 Å². The van der Waals surface area contributed by atoms with Crippen molar-refractivity contribution in [3.8, 4) is 22.8 Å². The smallest absolute Gasteiger partial charge is 0.244 e. The summed E-state index contributed by atoms with van der Waals surface area (Å²) in [4.78, 5) is 9.26. The lowest BCUT2D eigenvalue weighted by Crippen LogP contribution is -2.15. The van der Waals surface area contributed by atoms with E-state index in [0.29, 0.717) is 35.7 Å². The van der Waals surface area contributed by atoms with Crippen LogP contribution in [0.1, 0.15) is 5.56 Å². The molecule has 0 atom stereocenters. The molecule has 3 aromatic carbocycles. The zero-order chi connectivity index (χ0) is 21.2. The van der Waals surface area contributed by atoms with E-state index in [1.165, 1.54) is 0 Å². The largest absolute Gasteiger partial charge is 0.486 e. The minimum atomic E-state index is 0.388. The van der Waals surface area contributed by atoms with Gasteiger partial charge in [0.05, 0.1) is 17.4 Å². The minimum absolute atomic E-state index is 0.388. The third-order valence-corrected chi connectivity index (χ3v) is 5.66. The van der Waals surface area contributed by atoms with Crippen LogP contribution in [-0.2, 0) is 0 Å². The molecule has 154 valence electrons. The molecule has 0 saturated heterocycles. The summed E-state index contributed by atoms with van der Waals surface area (Å²) in [6, 6.07) is 19.2. The molecule has 1 aliphatic rings. The fourth-order valence-corrected chi connectivity index (χ4v) is 3.90. The quantitative estimate of drug-likeness (QED) is 0.281. The van der Waals surface area contributed by atoms with E-state index in [1.807, 2.05) is 60.7 Å². The maximum Gasteiger partial charge on any atom is 0.244 e. The highest BCUT2D eigenvalue weighted by Crippen LogP contribution is 2.35. The van der Waals surface area contributed by atoms with Gasteiger partial charge in [-0.25, -0.2) is 15.4 Å². The van der Waals surface area contributed by atoms with E-state index in [-0.39, 0.29) is 0 Å². The van der Waals surface area contributed by atoms with Gasteiger partial charge in [0.2, 0.25) is 5.95 Å². The van der Waals surface area contributed by atoms with Crippen molar-refractivity contribution in [3.63, 3.8) is 0 Å². The summed E-state index contributed by atoms with van der Waals surface area (Å²) >= 11 is 9.76. The summed E-state index contributed by atoms with van der Waals surface area (Å²) in [5.41, 5.74) is 6.31. The number of anilines is 1. The standard InChI is InChI=1S/C23H16BrClN4O2/c24-18-12-21-20(30-8-9-31-21)10-15(18)13-26-29-23-27-19-7-6-16(25)11-17(19)22(28-23)14-4-2-1-3-5-14/h1-7,10-13H,8-9H2,(H,27,28,29)/b26-13-. The van der Waals surface area contributed by atoms with Crippen LogP contribution >= 0.6 is 27.5 Å². The van der Waals surface area contributed by atoms with Crippen molar-refractivity contribution in [1.82, 2.24) is 9.97 Å². The molecule has 0 radical (unpaired) electrons. The van der Waals surface area contributed by atoms with Gasteiger partial charge in [0.25, 0.3) is 0 Å². The average molecular weight is 496 g/mol. The van der Waals surface area contributed by atoms with E-state index >= 15 is 0 Å². The van der Waals surface area contributed by atoms with Crippen LogP contribution < -0.4 is 14.9 Å². The number of fused-ring (bicyclic) bond motifs is 2. The molecule has 0 unspecified atom stereocenters. The molecule has 31 heavy (non-hydrogen) atoms. The summed E-state index contributed by atoms with van der Waals surface area (Å²) in [6.07, 6.45) is 1.68. The second-order valence-corrected chi connectivity index (χ2v) is 8.10. The zero-order valence-electron chi connectivity index (χ0n) is 16.2. The van der Waals surface area contributed by atoms with Crippen molar-refractivity contribution in [3.05, 3.63) is 75.7 Å². The number of nitrogens with one attached hydrogen (secondary N) is 1. The Morgan fingerprint density at radius 1 is 0.968 bits per heavy atom. The fraction of sp³-hybridized carbons (Fsp3) is 0.0870. The first-order chi connectivity index (χ1) is 15.2. The Bertz CT molecular complexity index is 1300. The minimum Gasteiger partial charge on any atom is -0.486 e. The third kappa shape index (κ3) is 4.19. The van der Waals surface area contributed by atoms with Crippen LogP contribution in [0.25, 0.3) is 22.2 Å². The number of rotatable bonds is 4. The van der Waals surface area contributed by atoms with Crippen LogP contribution in [0, 0.1) is 0 Å². The molecular weight excluding hydrogens is 480 g/mol. The molecule has 0 amide bonds. The Hall–Kier alpha value is -3.16. The third-order valence-electron chi connectivity index (χ3n) is 4.73. The lowest BCUT2D eigenvalue weighted by atomic mass is 10.1. The maximum absolute atomic E-state index is 6.22. The first kappa shape index (κ1) is 19.8. The predicted molar refractivity (Wildman–Crippen MR) is 126 cm³/mol. The lowest BCUT2D eigenvalue weighted by Gasteiger charge is -2.19. The maximum atomic E-state index is 6.22. The van der Waals surface area contributed by atoms with Gasteiger partial charge in [0.15, 0.2) is 11.5 Å². The molecule has 0 fully saturated rings. The number of benzene rings is 3. The van der Waals surface area contributed by atoms with E-state index in [1.54, 1.807) is 6.21 Å². The predicted octanol–water partition coefficient (Wildman–Crippen LogP) is 5.93. The fourth-order valence-electron chi connectivity index (χ4n) is 3.30. The average Bonchev–Trinajstić information content (AvgIpc) is 2.79. The number of hydrogen-bond acceptors (Lipinski definition) is 6. The van der Waals surface area contributed by atoms with Crippen LogP contribution in [0.15, 0.2) is 70.2 Å². The molecular formula is C23H16BrClN4O2. The molecule has 1 aliphatic heterocycles. The van der Waals surface area contributed by atoms with Gasteiger partial charge >= 0.3 is 0 Å². The van der Waals surface area contributed by atoms with Crippen LogP contribution in [0.4, 0.5) is 5.95 Å². The van der Waals surface area contributed by atoms with Gasteiger partial charge in [-0.05, 0) is 46.3 Å². The van der Waals surface area contributed by atoms with Crippen molar-refractivity contribution < 1.29 is 9.47 Å². The molecule has 0 bridgehead atoms. The van der Waals surface area contributed by atoms with Crippen LogP contribution in [0.5, 0.6) is 11.5 Å². The highest BCUT2D eigenvalue weighted by atomic mass is 79.9. The van der Waals surface area contributed by atoms with Gasteiger partial charge in [-0.2, -0.15) is 5.10 Å². The Labute approximate surface area is 192 Å². The lowest BCUT2D eigenvalue weighted by molar-refractivity contribution is 0.171. The highest BCUT2D eigenvalue weighted by Gasteiger charge is 2.14.